The van der Waals surface area contributed by atoms with E-state index in [1.807, 2.05) is 0 Å². The third-order valence-corrected chi connectivity index (χ3v) is 5.51. The topological polar surface area (TPSA) is 183 Å². The molecule has 0 aliphatic heterocycles. The molecular formula is C20H13N3O9S. The van der Waals surface area contributed by atoms with Crippen LogP contribution in [0, 0.1) is 10.1 Å². The van der Waals surface area contributed by atoms with Crippen molar-refractivity contribution in [2.45, 2.75) is 4.90 Å². The van der Waals surface area contributed by atoms with E-state index in [4.69, 9.17) is 9.84 Å². The van der Waals surface area contributed by atoms with Gasteiger partial charge >= 0.3 is 11.9 Å². The summed E-state index contributed by atoms with van der Waals surface area (Å²) in [5.41, 5.74) is -1.39. The number of hydrogen-bond acceptors (Lipinski definition) is 9. The predicted octanol–water partition coefficient (Wildman–Crippen LogP) is 2.03. The van der Waals surface area contributed by atoms with E-state index >= 15 is 0 Å². The quantitative estimate of drug-likeness (QED) is 0.224. The fraction of sp³-hybridized carbons (Fsp3) is 0. The molecule has 2 aromatic carbocycles. The van der Waals surface area contributed by atoms with Gasteiger partial charge in [0.2, 0.25) is 0 Å². The number of nitro groups is 1. The third kappa shape index (κ3) is 5.34. The highest BCUT2D eigenvalue weighted by atomic mass is 32.2. The van der Waals surface area contributed by atoms with Crippen LogP contribution >= 0.6 is 0 Å². The van der Waals surface area contributed by atoms with Crippen molar-refractivity contribution < 1.29 is 37.6 Å². The first-order chi connectivity index (χ1) is 15.6. The Bertz CT molecular complexity index is 1370. The van der Waals surface area contributed by atoms with Crippen LogP contribution in [0.1, 0.15) is 31.2 Å². The largest absolute Gasteiger partial charge is 0.478 e. The lowest BCUT2D eigenvalue weighted by molar-refractivity contribution is -0.384. The molecule has 2 N–H and O–H groups in total. The maximum absolute atomic E-state index is 12.8. The molecule has 0 spiro atoms. The van der Waals surface area contributed by atoms with Gasteiger partial charge in [0.15, 0.2) is 0 Å². The van der Waals surface area contributed by atoms with E-state index in [2.05, 4.69) is 4.98 Å². The van der Waals surface area contributed by atoms with Crippen molar-refractivity contribution in [1.29, 1.82) is 0 Å². The summed E-state index contributed by atoms with van der Waals surface area (Å²) >= 11 is 0. The van der Waals surface area contributed by atoms with E-state index < -0.39 is 48.9 Å². The molecule has 0 aliphatic rings. The first-order valence-corrected chi connectivity index (χ1v) is 10.4. The van der Waals surface area contributed by atoms with Crippen molar-refractivity contribution in [2.24, 2.45) is 0 Å². The normalized spacial score (nSPS) is 10.8. The van der Waals surface area contributed by atoms with E-state index in [1.54, 1.807) is 4.72 Å². The lowest BCUT2D eigenvalue weighted by atomic mass is 10.2. The third-order valence-electron chi connectivity index (χ3n) is 4.12. The second-order valence-corrected chi connectivity index (χ2v) is 7.96. The summed E-state index contributed by atoms with van der Waals surface area (Å²) in [5, 5.41) is 19.7. The van der Waals surface area contributed by atoms with Crippen LogP contribution in [0.4, 0.5) is 5.69 Å². The molecule has 0 bridgehead atoms. The fourth-order valence-electron chi connectivity index (χ4n) is 2.58. The standard InChI is InChI=1S/C20H13N3O9S/c24-18(16-11-12(19(25)26)9-10-21-16)22-33(30,31)17-4-2-1-3-15(17)20(27)32-14-7-5-13(6-8-14)23(28)29/h1-11H,(H,22,24)(H,25,26). The number of non-ortho nitro benzene ring substituents is 1. The molecule has 1 amide bonds. The van der Waals surface area contributed by atoms with E-state index in [0.29, 0.717) is 0 Å². The zero-order valence-corrected chi connectivity index (χ0v) is 17.2. The number of nitro benzene ring substituents is 1. The van der Waals surface area contributed by atoms with Crippen LogP contribution in [0.5, 0.6) is 5.75 Å². The summed E-state index contributed by atoms with van der Waals surface area (Å²) in [4.78, 5) is 49.1. The number of hydrogen-bond donors (Lipinski definition) is 2. The summed E-state index contributed by atoms with van der Waals surface area (Å²) in [6.07, 6.45) is 1.03. The van der Waals surface area contributed by atoms with Crippen molar-refractivity contribution in [2.75, 3.05) is 0 Å². The molecule has 1 aromatic heterocycles. The second-order valence-electron chi connectivity index (χ2n) is 6.31. The first-order valence-electron chi connectivity index (χ1n) is 8.90. The number of amides is 1. The summed E-state index contributed by atoms with van der Waals surface area (Å²) in [6.45, 7) is 0. The summed E-state index contributed by atoms with van der Waals surface area (Å²) in [6, 6.07) is 11.4. The maximum atomic E-state index is 12.8. The summed E-state index contributed by atoms with van der Waals surface area (Å²) in [5.74, 6) is -3.72. The molecule has 0 atom stereocenters. The number of ether oxygens (including phenoxy) is 1. The van der Waals surface area contributed by atoms with Crippen LogP contribution in [0.3, 0.4) is 0 Å². The number of carboxylic acid groups (broad SMARTS) is 1. The Balaban J connectivity index is 1.85. The van der Waals surface area contributed by atoms with Gasteiger partial charge in [-0.15, -0.1) is 0 Å². The van der Waals surface area contributed by atoms with Gasteiger partial charge in [-0.1, -0.05) is 12.1 Å². The number of carbonyl (C=O) groups is 3. The monoisotopic (exact) mass is 471 g/mol. The number of aromatic nitrogens is 1. The molecule has 12 nitrogen and oxygen atoms in total. The minimum absolute atomic E-state index is 0.0727. The lowest BCUT2D eigenvalue weighted by Gasteiger charge is -2.11. The number of carboxylic acids is 1. The Kier molecular flexibility index (Phi) is 6.44. The number of carbonyl (C=O) groups excluding carboxylic acids is 2. The number of aromatic carboxylic acids is 1. The number of esters is 1. The van der Waals surface area contributed by atoms with Crippen molar-refractivity contribution >= 4 is 33.6 Å². The molecule has 0 aliphatic carbocycles. The van der Waals surface area contributed by atoms with Gasteiger partial charge < -0.3 is 9.84 Å². The number of nitrogens with zero attached hydrogens (tertiary/aromatic N) is 2. The molecule has 0 saturated heterocycles. The van der Waals surface area contributed by atoms with Gasteiger partial charge in [-0.3, -0.25) is 19.9 Å². The molecule has 0 unspecified atom stereocenters. The average molecular weight is 471 g/mol. The summed E-state index contributed by atoms with van der Waals surface area (Å²) < 4.78 is 32.4. The van der Waals surface area contributed by atoms with Gasteiger partial charge in [-0.25, -0.2) is 22.7 Å². The molecule has 1 heterocycles. The Hall–Kier alpha value is -4.65. The van der Waals surface area contributed by atoms with Crippen molar-refractivity contribution in [3.05, 3.63) is 93.8 Å². The van der Waals surface area contributed by atoms with Crippen LogP contribution in [-0.2, 0) is 10.0 Å². The molecule has 3 rings (SSSR count). The number of nitrogens with one attached hydrogen (secondary N) is 1. The second kappa shape index (κ2) is 9.23. The van der Waals surface area contributed by atoms with Gasteiger partial charge in [-0.05, 0) is 36.4 Å². The Morgan fingerprint density at radius 3 is 2.33 bits per heavy atom. The highest BCUT2D eigenvalue weighted by molar-refractivity contribution is 7.90. The molecule has 13 heteroatoms. The van der Waals surface area contributed by atoms with Gasteiger partial charge in [0.1, 0.15) is 16.3 Å². The predicted molar refractivity (Wildman–Crippen MR) is 110 cm³/mol. The SMILES string of the molecule is O=C(O)c1ccnc(C(=O)NS(=O)(=O)c2ccccc2C(=O)Oc2ccc([N+](=O)[O-])cc2)c1. The lowest BCUT2D eigenvalue weighted by Crippen LogP contribution is -2.32. The van der Waals surface area contributed by atoms with Gasteiger partial charge in [0.25, 0.3) is 21.6 Å². The van der Waals surface area contributed by atoms with Crippen LogP contribution in [0.25, 0.3) is 0 Å². The molecular weight excluding hydrogens is 458 g/mol. The highest BCUT2D eigenvalue weighted by Gasteiger charge is 2.26. The van der Waals surface area contributed by atoms with Crippen molar-refractivity contribution in [3.8, 4) is 5.75 Å². The number of benzene rings is 2. The molecule has 0 saturated carbocycles. The molecule has 3 aromatic rings. The summed E-state index contributed by atoms with van der Waals surface area (Å²) in [7, 11) is -4.60. The minimum atomic E-state index is -4.60. The van der Waals surface area contributed by atoms with E-state index in [-0.39, 0.29) is 17.0 Å². The van der Waals surface area contributed by atoms with Gasteiger partial charge in [-0.2, -0.15) is 0 Å². The number of sulfonamides is 1. The Labute approximate surface area is 185 Å². The Morgan fingerprint density at radius 1 is 1.03 bits per heavy atom. The van der Waals surface area contributed by atoms with Gasteiger partial charge in [0.05, 0.1) is 16.1 Å². The zero-order chi connectivity index (χ0) is 24.2. The number of pyridine rings is 1. The average Bonchev–Trinajstić information content (AvgIpc) is 2.79. The smallest absolute Gasteiger partial charge is 0.344 e. The van der Waals surface area contributed by atoms with E-state index in [1.165, 1.54) is 12.1 Å². The minimum Gasteiger partial charge on any atom is -0.478 e. The first kappa shape index (κ1) is 23.0. The molecule has 0 fully saturated rings. The fourth-order valence-corrected chi connectivity index (χ4v) is 3.74. The molecule has 0 radical (unpaired) electrons. The number of rotatable bonds is 7. The van der Waals surface area contributed by atoms with E-state index in [0.717, 1.165) is 54.7 Å². The zero-order valence-electron chi connectivity index (χ0n) is 16.4. The van der Waals surface area contributed by atoms with Crippen LogP contribution in [-0.4, -0.2) is 41.3 Å². The van der Waals surface area contributed by atoms with E-state index in [9.17, 15) is 32.9 Å². The van der Waals surface area contributed by atoms with Crippen LogP contribution in [0.15, 0.2) is 71.8 Å². The highest BCUT2D eigenvalue weighted by Crippen LogP contribution is 2.21. The van der Waals surface area contributed by atoms with Crippen LogP contribution < -0.4 is 9.46 Å². The molecule has 33 heavy (non-hydrogen) atoms. The van der Waals surface area contributed by atoms with Gasteiger partial charge in [0, 0.05) is 18.3 Å². The van der Waals surface area contributed by atoms with Crippen LogP contribution in [0.2, 0.25) is 0 Å². The van der Waals surface area contributed by atoms with Crippen molar-refractivity contribution in [3.63, 3.8) is 0 Å². The molecule has 168 valence electrons. The Morgan fingerprint density at radius 2 is 1.70 bits per heavy atom. The van der Waals surface area contributed by atoms with Crippen molar-refractivity contribution in [1.82, 2.24) is 9.71 Å². The maximum Gasteiger partial charge on any atom is 0.344 e.